The monoisotopic (exact) mass is 315 g/mol. The van der Waals surface area contributed by atoms with Gasteiger partial charge in [0, 0.05) is 75.2 Å². The molecule has 0 aromatic carbocycles. The molecule has 0 unspecified atom stereocenters. The van der Waals surface area contributed by atoms with Crippen molar-refractivity contribution in [2.45, 2.75) is 0 Å². The normalized spacial score (nSPS) is 0. The summed E-state index contributed by atoms with van der Waals surface area (Å²) in [5, 5.41) is 0. The van der Waals surface area contributed by atoms with Crippen molar-refractivity contribution in [2.24, 2.45) is 0 Å². The van der Waals surface area contributed by atoms with E-state index in [0.29, 0.717) is 0 Å². The fourth-order valence-corrected chi connectivity index (χ4v) is 0. The van der Waals surface area contributed by atoms with Gasteiger partial charge in [0.15, 0.2) is 0 Å². The van der Waals surface area contributed by atoms with Gasteiger partial charge in [0.1, 0.15) is 0 Å². The van der Waals surface area contributed by atoms with Crippen molar-refractivity contribution in [2.75, 3.05) is 0 Å². The topological polar surface area (TPSA) is 0 Å². The number of rotatable bonds is 0. The summed E-state index contributed by atoms with van der Waals surface area (Å²) in [5.74, 6) is 0. The van der Waals surface area contributed by atoms with Crippen LogP contribution in [0, 0.1) is 0 Å². The first kappa shape index (κ1) is 32.7. The molecule has 4 heteroatoms. The van der Waals surface area contributed by atoms with Gasteiger partial charge in [-0.3, -0.25) is 0 Å². The molecule has 0 N–H and O–H groups in total. The Morgan fingerprint density at radius 2 is 0.500 bits per heavy atom. The van der Waals surface area contributed by atoms with Gasteiger partial charge in [0.05, 0.1) is 0 Å². The molecule has 13 radical (unpaired) electrons. The van der Waals surface area contributed by atoms with Crippen LogP contribution in [0.5, 0.6) is 0 Å². The van der Waals surface area contributed by atoms with E-state index in [-0.39, 0.29) is 75.2 Å². The zero-order valence-corrected chi connectivity index (χ0v) is 10.4. The molecule has 0 bridgehead atoms. The minimum Gasteiger partial charge on any atom is 0 e. The molecule has 17 valence electrons. The maximum Gasteiger partial charge on any atom is 0 e. The van der Waals surface area contributed by atoms with E-state index in [1.54, 1.807) is 0 Å². The zero-order chi connectivity index (χ0) is 0. The van der Waals surface area contributed by atoms with Crippen LogP contribution >= 0.6 is 0 Å². The molecule has 0 saturated carbocycles. The van der Waals surface area contributed by atoms with Crippen LogP contribution in [0.4, 0.5) is 0 Å². The van der Waals surface area contributed by atoms with Crippen molar-refractivity contribution in [3.05, 3.63) is 0 Å². The van der Waals surface area contributed by atoms with Gasteiger partial charge in [-0.05, 0) is 0 Å². The molecular weight excluding hydrogens is 311 g/mol. The van der Waals surface area contributed by atoms with Crippen LogP contribution in [-0.2, 0) is 22.4 Å². The van der Waals surface area contributed by atoms with Gasteiger partial charge in [-0.1, -0.05) is 0 Å². The number of hydrogen-bond donors (Lipinski definition) is 0. The fraction of sp³-hybridized carbons (Fsp3) is 0. The largest absolute Gasteiger partial charge is 0 e. The van der Waals surface area contributed by atoms with Crippen molar-refractivity contribution in [1.82, 2.24) is 0 Å². The predicted molar refractivity (Wildman–Crippen MR) is 17.3 cm³/mol. The van der Waals surface area contributed by atoms with Gasteiger partial charge < -0.3 is 0 Å². The van der Waals surface area contributed by atoms with Gasteiger partial charge in [0.2, 0.25) is 0 Å². The van der Waals surface area contributed by atoms with Crippen LogP contribution in [-0.4, -0.2) is 52.8 Å². The first-order valence-electron chi connectivity index (χ1n) is 0. The maximum absolute atomic E-state index is 0. The standard InChI is InChI=1S/3Ge.Nb. The van der Waals surface area contributed by atoms with E-state index in [1.165, 1.54) is 0 Å². The van der Waals surface area contributed by atoms with Gasteiger partial charge in [-0.2, -0.15) is 0 Å². The molecule has 0 amide bonds. The average Bonchev–Trinajstić information content (AvgIpc) is 0. The SMILES string of the molecule is [Ge].[Ge].[Ge].[Nb]. The molecule has 0 rings (SSSR count). The third kappa shape index (κ3) is 8.84. The Kier molecular flexibility index (Phi) is 149. The van der Waals surface area contributed by atoms with Crippen molar-refractivity contribution in [3.63, 3.8) is 0 Å². The fourth-order valence-electron chi connectivity index (χ4n) is 0. The second kappa shape index (κ2) is 18.3. The zero-order valence-electron chi connectivity index (χ0n) is 1.95. The van der Waals surface area contributed by atoms with Crippen LogP contribution in [0.25, 0.3) is 0 Å². The molecule has 0 aromatic heterocycles. The first-order chi connectivity index (χ1) is 0. The van der Waals surface area contributed by atoms with Crippen LogP contribution in [0.1, 0.15) is 0 Å². The first-order valence-corrected chi connectivity index (χ1v) is 0. The summed E-state index contributed by atoms with van der Waals surface area (Å²) in [4.78, 5) is 0. The summed E-state index contributed by atoms with van der Waals surface area (Å²) in [6.45, 7) is 0. The van der Waals surface area contributed by atoms with Gasteiger partial charge in [-0.25, -0.2) is 0 Å². The van der Waals surface area contributed by atoms with E-state index >= 15 is 0 Å². The molecular formula is Ge3Nb. The molecule has 0 aliphatic rings. The summed E-state index contributed by atoms with van der Waals surface area (Å²) in [6.07, 6.45) is 0. The van der Waals surface area contributed by atoms with Gasteiger partial charge in [-0.15, -0.1) is 0 Å². The minimum atomic E-state index is 0. The third-order valence-electron chi connectivity index (χ3n) is 0. The molecule has 0 saturated heterocycles. The van der Waals surface area contributed by atoms with Gasteiger partial charge in [0.25, 0.3) is 0 Å². The van der Waals surface area contributed by atoms with E-state index in [2.05, 4.69) is 0 Å². The third-order valence-corrected chi connectivity index (χ3v) is 0. The van der Waals surface area contributed by atoms with Crippen molar-refractivity contribution in [3.8, 4) is 0 Å². The van der Waals surface area contributed by atoms with E-state index in [0.717, 1.165) is 0 Å². The number of hydrogen-bond acceptors (Lipinski definition) is 0. The van der Waals surface area contributed by atoms with Crippen molar-refractivity contribution >= 4 is 52.8 Å². The van der Waals surface area contributed by atoms with Crippen LogP contribution in [0.2, 0.25) is 0 Å². The van der Waals surface area contributed by atoms with Crippen LogP contribution in [0.3, 0.4) is 0 Å². The van der Waals surface area contributed by atoms with E-state index in [9.17, 15) is 0 Å². The summed E-state index contributed by atoms with van der Waals surface area (Å²) in [6, 6.07) is 0. The van der Waals surface area contributed by atoms with E-state index in [1.807, 2.05) is 0 Å². The van der Waals surface area contributed by atoms with E-state index < -0.39 is 0 Å². The Morgan fingerprint density at radius 1 is 0.500 bits per heavy atom. The molecule has 0 nitrogen and oxygen atoms in total. The molecule has 4 heavy (non-hydrogen) atoms. The Morgan fingerprint density at radius 3 is 0.500 bits per heavy atom. The Bertz CT molecular complexity index is 3.25. The Labute approximate surface area is 74.3 Å². The maximum atomic E-state index is 0. The smallest absolute Gasteiger partial charge is 0 e. The summed E-state index contributed by atoms with van der Waals surface area (Å²) in [5.41, 5.74) is 0. The van der Waals surface area contributed by atoms with Crippen LogP contribution in [0.15, 0.2) is 0 Å². The Hall–Kier alpha value is 2.37. The molecule has 0 atom stereocenters. The average molecular weight is 311 g/mol. The molecule has 0 heterocycles. The molecule has 0 aliphatic heterocycles. The van der Waals surface area contributed by atoms with Crippen molar-refractivity contribution < 1.29 is 22.4 Å². The minimum absolute atomic E-state index is 0. The quantitative estimate of drug-likeness (QED) is 0.496. The molecule has 0 aliphatic carbocycles. The van der Waals surface area contributed by atoms with Crippen molar-refractivity contribution in [1.29, 1.82) is 0 Å². The molecule has 0 fully saturated rings. The second-order valence-corrected chi connectivity index (χ2v) is 0. The van der Waals surface area contributed by atoms with Crippen LogP contribution < -0.4 is 0 Å². The predicted octanol–water partition coefficient (Wildman–Crippen LogP) is -1.14. The molecule has 0 spiro atoms. The summed E-state index contributed by atoms with van der Waals surface area (Å²) < 4.78 is 0. The summed E-state index contributed by atoms with van der Waals surface area (Å²) >= 11 is 0. The van der Waals surface area contributed by atoms with E-state index in [4.69, 9.17) is 0 Å². The second-order valence-electron chi connectivity index (χ2n) is 0. The van der Waals surface area contributed by atoms with Gasteiger partial charge >= 0.3 is 0 Å². The molecule has 0 aromatic rings. The Balaban J connectivity index is 0. The summed E-state index contributed by atoms with van der Waals surface area (Å²) in [7, 11) is 0.